The van der Waals surface area contributed by atoms with Crippen LogP contribution in [-0.2, 0) is 36.1 Å². The zero-order valence-corrected chi connectivity index (χ0v) is 25.9. The number of carbonyl (C=O) groups is 1. The molecular weight excluding hydrogens is 526 g/mol. The van der Waals surface area contributed by atoms with E-state index in [-0.39, 0.29) is 23.5 Å². The molecule has 0 bridgehead atoms. The molecule has 2 aromatic heterocycles. The van der Waals surface area contributed by atoms with Gasteiger partial charge in [0.15, 0.2) is 0 Å². The van der Waals surface area contributed by atoms with Gasteiger partial charge in [-0.3, -0.25) is 9.69 Å². The van der Waals surface area contributed by atoms with E-state index in [9.17, 15) is 4.79 Å². The summed E-state index contributed by atoms with van der Waals surface area (Å²) in [5.74, 6) is 1.86. The first-order valence-electron chi connectivity index (χ1n) is 15.8. The Labute approximate surface area is 251 Å². The van der Waals surface area contributed by atoms with Gasteiger partial charge >= 0.3 is 5.97 Å². The maximum atomic E-state index is 13.1. The lowest BCUT2D eigenvalue weighted by molar-refractivity contribution is -0.148. The smallest absolute Gasteiger partial charge is 0.323 e. The van der Waals surface area contributed by atoms with Gasteiger partial charge in [0.25, 0.3) is 0 Å². The second kappa shape index (κ2) is 14.0. The number of hydrogen-bond donors (Lipinski definition) is 2. The van der Waals surface area contributed by atoms with Crippen LogP contribution in [0.1, 0.15) is 81.7 Å². The van der Waals surface area contributed by atoms with E-state index < -0.39 is 0 Å². The van der Waals surface area contributed by atoms with Crippen molar-refractivity contribution in [3.05, 3.63) is 71.8 Å². The molecule has 1 aromatic carbocycles. The van der Waals surface area contributed by atoms with E-state index in [2.05, 4.69) is 72.7 Å². The van der Waals surface area contributed by atoms with Crippen LogP contribution in [0, 0.1) is 5.41 Å². The largest absolute Gasteiger partial charge is 0.465 e. The van der Waals surface area contributed by atoms with Crippen LogP contribution in [0.3, 0.4) is 0 Å². The molecule has 2 aliphatic heterocycles. The average molecular weight is 576 g/mol. The van der Waals surface area contributed by atoms with E-state index in [0.29, 0.717) is 12.6 Å². The van der Waals surface area contributed by atoms with Gasteiger partial charge in [-0.15, -0.1) is 0 Å². The average Bonchev–Trinajstić information content (AvgIpc) is 3.75. The predicted octanol–water partition coefficient (Wildman–Crippen LogP) is 4.63. The van der Waals surface area contributed by atoms with Crippen LogP contribution < -0.4 is 5.32 Å². The van der Waals surface area contributed by atoms with E-state index in [4.69, 9.17) is 4.74 Å². The Balaban J connectivity index is 1.22. The van der Waals surface area contributed by atoms with E-state index in [1.807, 2.05) is 32.6 Å². The van der Waals surface area contributed by atoms with Crippen molar-refractivity contribution in [2.24, 2.45) is 12.5 Å². The molecule has 228 valence electrons. The molecule has 0 amide bonds. The third kappa shape index (κ3) is 7.13. The number of aromatic nitrogens is 4. The van der Waals surface area contributed by atoms with Gasteiger partial charge in [-0.1, -0.05) is 38.1 Å². The number of piperidine rings is 1. The molecule has 3 aromatic rings. The first kappa shape index (κ1) is 30.4. The molecule has 4 heterocycles. The van der Waals surface area contributed by atoms with Crippen LogP contribution in [0.25, 0.3) is 0 Å². The van der Waals surface area contributed by atoms with Crippen LogP contribution in [0.2, 0.25) is 0 Å². The van der Waals surface area contributed by atoms with Gasteiger partial charge in [0.2, 0.25) is 0 Å². The topological polar surface area (TPSA) is 91.3 Å². The maximum absolute atomic E-state index is 13.1. The molecule has 1 unspecified atom stereocenters. The fraction of sp³-hybridized carbons (Fsp3) is 0.606. The Hall–Kier alpha value is -3.01. The molecule has 0 radical (unpaired) electrons. The van der Waals surface area contributed by atoms with Crippen molar-refractivity contribution in [2.75, 3.05) is 26.2 Å². The number of ether oxygens (including phenoxy) is 1. The lowest BCUT2D eigenvalue weighted by atomic mass is 9.76. The summed E-state index contributed by atoms with van der Waals surface area (Å²) in [5.41, 5.74) is 2.65. The number of carbonyl (C=O) groups excluding carboxylic acids is 1. The van der Waals surface area contributed by atoms with E-state index in [0.717, 1.165) is 70.1 Å². The van der Waals surface area contributed by atoms with Crippen LogP contribution in [0.15, 0.2) is 49.1 Å². The number of aryl methyl sites for hydroxylation is 1. The van der Waals surface area contributed by atoms with Crippen molar-refractivity contribution in [3.63, 3.8) is 0 Å². The van der Waals surface area contributed by atoms with Gasteiger partial charge in [0.05, 0.1) is 12.6 Å². The van der Waals surface area contributed by atoms with E-state index >= 15 is 0 Å². The van der Waals surface area contributed by atoms with Crippen molar-refractivity contribution in [3.8, 4) is 0 Å². The zero-order valence-electron chi connectivity index (χ0n) is 25.9. The number of rotatable bonds is 13. The van der Waals surface area contributed by atoms with Crippen LogP contribution in [0.4, 0.5) is 0 Å². The molecule has 0 aliphatic carbocycles. The lowest BCUT2D eigenvalue weighted by Gasteiger charge is -2.42. The van der Waals surface area contributed by atoms with Crippen LogP contribution >= 0.6 is 0 Å². The minimum Gasteiger partial charge on any atom is -0.465 e. The summed E-state index contributed by atoms with van der Waals surface area (Å²) in [5, 5.41) is 3.69. The number of benzene rings is 1. The normalized spacial score (nSPS) is 20.0. The number of imidazole rings is 2. The number of nitrogens with one attached hydrogen (secondary N) is 2. The first-order chi connectivity index (χ1) is 20.4. The van der Waals surface area contributed by atoms with Gasteiger partial charge < -0.3 is 24.5 Å². The predicted molar refractivity (Wildman–Crippen MR) is 165 cm³/mol. The summed E-state index contributed by atoms with van der Waals surface area (Å²) in [7, 11) is 2.02. The molecule has 42 heavy (non-hydrogen) atoms. The molecular formula is C33H49N7O2. The molecule has 2 aliphatic rings. The van der Waals surface area contributed by atoms with Crippen LogP contribution in [0.5, 0.6) is 0 Å². The van der Waals surface area contributed by atoms with Crippen molar-refractivity contribution >= 4 is 5.97 Å². The minimum absolute atomic E-state index is 0.0401. The van der Waals surface area contributed by atoms with Gasteiger partial charge in [-0.25, -0.2) is 9.97 Å². The highest BCUT2D eigenvalue weighted by Gasteiger charge is 2.48. The SMILES string of the molecule is CCOC(=O)[C@@H]1CC2(CCN(C(CC)CC)CC2)CN1Cc1ccc(CNC(Cc2ncc[nH]2)c2nccn2C)cc1. The van der Waals surface area contributed by atoms with Crippen molar-refractivity contribution < 1.29 is 9.53 Å². The Kier molecular flexibility index (Phi) is 10.1. The van der Waals surface area contributed by atoms with Crippen molar-refractivity contribution in [2.45, 2.75) is 90.5 Å². The zero-order chi connectivity index (χ0) is 29.5. The van der Waals surface area contributed by atoms with E-state index in [1.165, 1.54) is 24.0 Å². The lowest BCUT2D eigenvalue weighted by Crippen LogP contribution is -2.45. The molecule has 5 rings (SSSR count). The molecule has 2 atom stereocenters. The number of H-pyrrole nitrogens is 1. The second-order valence-electron chi connectivity index (χ2n) is 12.3. The minimum atomic E-state index is -0.161. The molecule has 9 heteroatoms. The summed E-state index contributed by atoms with van der Waals surface area (Å²) < 4.78 is 7.62. The third-order valence-corrected chi connectivity index (χ3v) is 9.57. The highest BCUT2D eigenvalue weighted by molar-refractivity contribution is 5.76. The second-order valence-corrected chi connectivity index (χ2v) is 12.3. The van der Waals surface area contributed by atoms with Gasteiger partial charge in [-0.05, 0) is 68.7 Å². The third-order valence-electron chi connectivity index (χ3n) is 9.57. The Morgan fingerprint density at radius 3 is 2.45 bits per heavy atom. The molecule has 1 spiro atoms. The number of aromatic amines is 1. The monoisotopic (exact) mass is 575 g/mol. The summed E-state index contributed by atoms with van der Waals surface area (Å²) in [6.45, 7) is 11.7. The highest BCUT2D eigenvalue weighted by atomic mass is 16.5. The van der Waals surface area contributed by atoms with Gasteiger partial charge in [0, 0.05) is 63.9 Å². The summed E-state index contributed by atoms with van der Waals surface area (Å²) in [6, 6.07) is 9.38. The molecule has 2 fully saturated rings. The standard InChI is InChI=1S/C33H49N7O2/c1-5-27(6-2)39-17-12-33(13-18-39)21-29(32(41)42-7-3)40(24-33)23-26-10-8-25(9-11-26)22-37-28(20-30-34-14-15-35-30)31-36-16-19-38(31)4/h8-11,14-16,19,27-29,37H,5-7,12-13,17-18,20-24H2,1-4H3,(H,34,35)/t28?,29-/m0/s1. The summed E-state index contributed by atoms with van der Waals surface area (Å²) in [4.78, 5) is 30.4. The number of likely N-dealkylation sites (tertiary alicyclic amines) is 2. The summed E-state index contributed by atoms with van der Waals surface area (Å²) >= 11 is 0. The fourth-order valence-electron chi connectivity index (χ4n) is 7.12. The quantitative estimate of drug-likeness (QED) is 0.287. The maximum Gasteiger partial charge on any atom is 0.323 e. The molecule has 2 N–H and O–H groups in total. The van der Waals surface area contributed by atoms with Crippen LogP contribution in [-0.4, -0.2) is 73.6 Å². The molecule has 9 nitrogen and oxygen atoms in total. The van der Waals surface area contributed by atoms with Gasteiger partial charge in [-0.2, -0.15) is 0 Å². The van der Waals surface area contributed by atoms with Crippen molar-refractivity contribution in [1.29, 1.82) is 0 Å². The van der Waals surface area contributed by atoms with E-state index in [1.54, 1.807) is 6.20 Å². The first-order valence-corrected chi connectivity index (χ1v) is 15.8. The fourth-order valence-corrected chi connectivity index (χ4v) is 7.12. The van der Waals surface area contributed by atoms with Crippen molar-refractivity contribution in [1.82, 2.24) is 34.6 Å². The summed E-state index contributed by atoms with van der Waals surface area (Å²) in [6.07, 6.45) is 13.8. The molecule has 2 saturated heterocycles. The number of nitrogens with zero attached hydrogens (tertiary/aromatic N) is 5. The molecule has 0 saturated carbocycles. The van der Waals surface area contributed by atoms with Gasteiger partial charge in [0.1, 0.15) is 17.7 Å². The Morgan fingerprint density at radius 1 is 1.10 bits per heavy atom. The number of esters is 1. The highest BCUT2D eigenvalue weighted by Crippen LogP contribution is 2.44. The Morgan fingerprint density at radius 2 is 1.83 bits per heavy atom. The number of hydrogen-bond acceptors (Lipinski definition) is 7. The Bertz CT molecular complexity index is 1240.